The molecule has 0 radical (unpaired) electrons. The van der Waals surface area contributed by atoms with Gasteiger partial charge in [0.25, 0.3) is 0 Å². The van der Waals surface area contributed by atoms with Crippen molar-refractivity contribution >= 4 is 11.1 Å². The first kappa shape index (κ1) is 24.8. The predicted octanol–water partition coefficient (Wildman–Crippen LogP) is 6.80. The van der Waals surface area contributed by atoms with E-state index >= 15 is 0 Å². The topological polar surface area (TPSA) is 46.9 Å². The molecule has 2 saturated heterocycles. The number of allylic oxidation sites excluding steroid dienone is 2. The number of aromatic hydroxyl groups is 2. The van der Waals surface area contributed by atoms with E-state index in [9.17, 15) is 10.2 Å². The molecule has 4 heteroatoms. The van der Waals surface area contributed by atoms with E-state index in [1.165, 1.54) is 60.8 Å². The fourth-order valence-electron chi connectivity index (χ4n) is 5.70. The summed E-state index contributed by atoms with van der Waals surface area (Å²) in [5, 5.41) is 21.2. The van der Waals surface area contributed by atoms with Crippen LogP contribution < -0.4 is 0 Å². The van der Waals surface area contributed by atoms with Crippen LogP contribution >= 0.6 is 0 Å². The van der Waals surface area contributed by atoms with Crippen molar-refractivity contribution in [2.24, 2.45) is 0 Å². The number of phenols is 2. The van der Waals surface area contributed by atoms with Gasteiger partial charge in [-0.15, -0.1) is 0 Å². The Morgan fingerprint density at radius 2 is 1.00 bits per heavy atom. The van der Waals surface area contributed by atoms with Crippen molar-refractivity contribution in [2.75, 3.05) is 26.2 Å². The second-order valence-corrected chi connectivity index (χ2v) is 10.0. The molecule has 2 fully saturated rings. The van der Waals surface area contributed by atoms with Crippen molar-refractivity contribution in [2.45, 2.75) is 78.3 Å². The van der Waals surface area contributed by atoms with Gasteiger partial charge < -0.3 is 10.2 Å². The van der Waals surface area contributed by atoms with Crippen molar-refractivity contribution in [1.29, 1.82) is 0 Å². The number of hydrogen-bond donors (Lipinski definition) is 2. The fourth-order valence-corrected chi connectivity index (χ4v) is 5.70. The first-order chi connectivity index (χ1) is 16.6. The first-order valence-electron chi connectivity index (χ1n) is 13.4. The maximum Gasteiger partial charge on any atom is 0.120 e. The quantitative estimate of drug-likeness (QED) is 0.424. The molecule has 0 amide bonds. The molecule has 2 aliphatic rings. The van der Waals surface area contributed by atoms with E-state index < -0.39 is 0 Å². The molecule has 0 unspecified atom stereocenters. The first-order valence-corrected chi connectivity index (χ1v) is 13.4. The van der Waals surface area contributed by atoms with Crippen LogP contribution in [0, 0.1) is 0 Å². The molecule has 0 spiro atoms. The zero-order chi connectivity index (χ0) is 23.9. The summed E-state index contributed by atoms with van der Waals surface area (Å²) >= 11 is 0. The Kier molecular flexibility index (Phi) is 8.69. The number of hydrogen-bond acceptors (Lipinski definition) is 4. The third kappa shape index (κ3) is 6.03. The van der Waals surface area contributed by atoms with Gasteiger partial charge in [0.15, 0.2) is 0 Å². The van der Waals surface area contributed by atoms with Gasteiger partial charge in [0.1, 0.15) is 11.5 Å². The van der Waals surface area contributed by atoms with Gasteiger partial charge in [0.2, 0.25) is 0 Å². The highest BCUT2D eigenvalue weighted by Gasteiger charge is 2.17. The molecule has 0 aliphatic carbocycles. The standard InChI is InChI=1S/C30H42N2O2/c1-3-27(23-11-13-29(33)25(19-23)21-31-15-7-5-8-16-31)28(4-2)24-12-14-30(34)26(20-24)22-32-17-9-6-10-18-32/h11-14,19-20,33-34H,3-10,15-18,21-22H2,1-2H3. The molecular weight excluding hydrogens is 420 g/mol. The summed E-state index contributed by atoms with van der Waals surface area (Å²) in [4.78, 5) is 4.93. The SMILES string of the molecule is CCC(=C(CC)c1ccc(O)c(CN2CCCCC2)c1)c1ccc(O)c(CN2CCCCC2)c1. The van der Waals surface area contributed by atoms with Crippen LogP contribution in [0.1, 0.15) is 87.5 Å². The van der Waals surface area contributed by atoms with Crippen LogP contribution in [-0.2, 0) is 13.1 Å². The van der Waals surface area contributed by atoms with Crippen molar-refractivity contribution in [3.8, 4) is 11.5 Å². The van der Waals surface area contributed by atoms with Crippen LogP contribution in [0.3, 0.4) is 0 Å². The summed E-state index contributed by atoms with van der Waals surface area (Å²) in [5.74, 6) is 0.799. The van der Waals surface area contributed by atoms with E-state index in [2.05, 4.69) is 47.9 Å². The van der Waals surface area contributed by atoms with Gasteiger partial charge in [-0.3, -0.25) is 9.80 Å². The van der Waals surface area contributed by atoms with Crippen LogP contribution in [0.15, 0.2) is 36.4 Å². The highest BCUT2D eigenvalue weighted by atomic mass is 16.3. The largest absolute Gasteiger partial charge is 0.508 e. The Bertz CT molecular complexity index is 906. The summed E-state index contributed by atoms with van der Waals surface area (Å²) < 4.78 is 0. The zero-order valence-electron chi connectivity index (χ0n) is 21.2. The summed E-state index contributed by atoms with van der Waals surface area (Å²) in [6.07, 6.45) is 9.50. The summed E-state index contributed by atoms with van der Waals surface area (Å²) in [7, 11) is 0. The van der Waals surface area contributed by atoms with E-state index in [-0.39, 0.29) is 0 Å². The molecule has 2 N–H and O–H groups in total. The van der Waals surface area contributed by atoms with Gasteiger partial charge in [0.05, 0.1) is 0 Å². The van der Waals surface area contributed by atoms with Gasteiger partial charge in [-0.2, -0.15) is 0 Å². The number of rotatable bonds is 8. The van der Waals surface area contributed by atoms with E-state index in [0.717, 1.165) is 63.2 Å². The van der Waals surface area contributed by atoms with E-state index in [1.54, 1.807) is 0 Å². The van der Waals surface area contributed by atoms with Gasteiger partial charge in [-0.1, -0.05) is 38.8 Å². The molecule has 0 saturated carbocycles. The molecule has 4 rings (SSSR count). The summed E-state index contributed by atoms with van der Waals surface area (Å²) in [6.45, 7) is 10.5. The van der Waals surface area contributed by atoms with E-state index in [1.807, 2.05) is 12.1 Å². The number of likely N-dealkylation sites (tertiary alicyclic amines) is 2. The lowest BCUT2D eigenvalue weighted by Gasteiger charge is -2.27. The van der Waals surface area contributed by atoms with Gasteiger partial charge in [0, 0.05) is 24.2 Å². The van der Waals surface area contributed by atoms with Crippen molar-refractivity contribution in [3.05, 3.63) is 58.7 Å². The van der Waals surface area contributed by atoms with Crippen molar-refractivity contribution in [1.82, 2.24) is 9.80 Å². The molecule has 2 aromatic carbocycles. The maximum atomic E-state index is 10.6. The lowest BCUT2D eigenvalue weighted by molar-refractivity contribution is 0.218. The monoisotopic (exact) mass is 462 g/mol. The average molecular weight is 463 g/mol. The fraction of sp³-hybridized carbons (Fsp3) is 0.533. The van der Waals surface area contributed by atoms with Crippen LogP contribution in [0.25, 0.3) is 11.1 Å². The third-order valence-electron chi connectivity index (χ3n) is 7.61. The Hall–Kier alpha value is -2.30. The number of phenolic OH excluding ortho intramolecular Hbond substituents is 2. The van der Waals surface area contributed by atoms with Crippen molar-refractivity contribution < 1.29 is 10.2 Å². The molecule has 2 aromatic rings. The number of benzene rings is 2. The minimum absolute atomic E-state index is 0.399. The molecule has 0 bridgehead atoms. The second-order valence-electron chi connectivity index (χ2n) is 10.0. The summed E-state index contributed by atoms with van der Waals surface area (Å²) in [5.41, 5.74) is 7.12. The zero-order valence-corrected chi connectivity index (χ0v) is 21.2. The van der Waals surface area contributed by atoms with Crippen LogP contribution in [0.2, 0.25) is 0 Å². The van der Waals surface area contributed by atoms with Crippen LogP contribution in [-0.4, -0.2) is 46.2 Å². The average Bonchev–Trinajstić information content (AvgIpc) is 2.87. The molecule has 0 aromatic heterocycles. The third-order valence-corrected chi connectivity index (χ3v) is 7.61. The van der Waals surface area contributed by atoms with Gasteiger partial charge in [-0.05, 0) is 111 Å². The second kappa shape index (κ2) is 11.9. The lowest BCUT2D eigenvalue weighted by atomic mass is 9.89. The number of piperidine rings is 2. The predicted molar refractivity (Wildman–Crippen MR) is 142 cm³/mol. The Balaban J connectivity index is 1.64. The minimum atomic E-state index is 0.399. The molecule has 2 aliphatic heterocycles. The van der Waals surface area contributed by atoms with Crippen molar-refractivity contribution in [3.63, 3.8) is 0 Å². The molecular formula is C30H42N2O2. The van der Waals surface area contributed by atoms with Gasteiger partial charge in [-0.25, -0.2) is 0 Å². The van der Waals surface area contributed by atoms with Crippen LogP contribution in [0.4, 0.5) is 0 Å². The van der Waals surface area contributed by atoms with E-state index in [0.29, 0.717) is 11.5 Å². The van der Waals surface area contributed by atoms with E-state index in [4.69, 9.17) is 0 Å². The van der Waals surface area contributed by atoms with Gasteiger partial charge >= 0.3 is 0 Å². The Labute approximate surface area is 205 Å². The lowest BCUT2D eigenvalue weighted by Crippen LogP contribution is -2.29. The highest BCUT2D eigenvalue weighted by molar-refractivity contribution is 5.91. The summed E-state index contributed by atoms with van der Waals surface area (Å²) in [6, 6.07) is 12.3. The Morgan fingerprint density at radius 1 is 0.618 bits per heavy atom. The highest BCUT2D eigenvalue weighted by Crippen LogP contribution is 2.35. The van der Waals surface area contributed by atoms with Crippen LogP contribution in [0.5, 0.6) is 11.5 Å². The molecule has 184 valence electrons. The Morgan fingerprint density at radius 3 is 1.35 bits per heavy atom. The normalized spacial score (nSPS) is 18.6. The minimum Gasteiger partial charge on any atom is -0.508 e. The molecule has 4 nitrogen and oxygen atoms in total. The number of nitrogens with zero attached hydrogens (tertiary/aromatic N) is 2. The molecule has 2 heterocycles. The smallest absolute Gasteiger partial charge is 0.120 e. The molecule has 34 heavy (non-hydrogen) atoms. The molecule has 0 atom stereocenters. The maximum absolute atomic E-state index is 10.6.